The van der Waals surface area contributed by atoms with Crippen LogP contribution in [0.1, 0.15) is 33.6 Å². The molecule has 0 atom stereocenters. The van der Waals surface area contributed by atoms with Gasteiger partial charge in [-0.1, -0.05) is 6.07 Å². The number of benzene rings is 1. The number of rotatable bonds is 6. The van der Waals surface area contributed by atoms with Crippen LogP contribution in [0.3, 0.4) is 0 Å². The van der Waals surface area contributed by atoms with E-state index in [-0.39, 0.29) is 0 Å². The average molecular weight is 481 g/mol. The van der Waals surface area contributed by atoms with Gasteiger partial charge in [0.25, 0.3) is 0 Å². The van der Waals surface area contributed by atoms with Gasteiger partial charge in [-0.05, 0) is 61.4 Å². The van der Waals surface area contributed by atoms with Gasteiger partial charge in [0.05, 0.1) is 16.9 Å². The first-order valence-corrected chi connectivity index (χ1v) is 12.9. The largest absolute Gasteiger partial charge is 0.361 e. The lowest BCUT2D eigenvalue weighted by Crippen LogP contribution is -2.31. The first-order chi connectivity index (χ1) is 17.1. The van der Waals surface area contributed by atoms with Crippen LogP contribution in [0.2, 0.25) is 0 Å². The fourth-order valence-corrected chi connectivity index (χ4v) is 5.39. The number of nitrogens with one attached hydrogen (secondary N) is 2. The summed E-state index contributed by atoms with van der Waals surface area (Å²) < 4.78 is 0. The third kappa shape index (κ3) is 5.09. The van der Waals surface area contributed by atoms with E-state index in [2.05, 4.69) is 62.4 Å². The van der Waals surface area contributed by atoms with Crippen LogP contribution in [-0.4, -0.2) is 44.4 Å². The second-order valence-electron chi connectivity index (χ2n) is 8.77. The van der Waals surface area contributed by atoms with E-state index in [4.69, 9.17) is 0 Å². The van der Waals surface area contributed by atoms with E-state index in [0.29, 0.717) is 5.56 Å². The maximum Gasteiger partial charge on any atom is 0.103 e. The Morgan fingerprint density at radius 1 is 1.09 bits per heavy atom. The fraction of sp³-hybridized carbons (Fsp3) is 0.250. The van der Waals surface area contributed by atoms with Crippen molar-refractivity contribution >= 4 is 46.2 Å². The van der Waals surface area contributed by atoms with Crippen LogP contribution in [0.25, 0.3) is 23.1 Å². The number of nitrogens with zero attached hydrogens (tertiary/aromatic N) is 4. The molecule has 1 saturated heterocycles. The molecule has 0 amide bonds. The van der Waals surface area contributed by atoms with Gasteiger partial charge in [-0.25, -0.2) is 0 Å². The fourth-order valence-electron chi connectivity index (χ4n) is 4.41. The zero-order valence-electron chi connectivity index (χ0n) is 20.0. The molecule has 4 heterocycles. The average Bonchev–Trinajstić information content (AvgIpc) is 3.37. The van der Waals surface area contributed by atoms with Gasteiger partial charge in [0.15, 0.2) is 0 Å². The van der Waals surface area contributed by atoms with Crippen molar-refractivity contribution in [3.63, 3.8) is 0 Å². The Hall–Kier alpha value is -3.60. The normalized spacial score (nSPS) is 14.4. The van der Waals surface area contributed by atoms with Crippen LogP contribution in [0.4, 0.5) is 11.4 Å². The lowest BCUT2D eigenvalue weighted by atomic mass is 10.0. The van der Waals surface area contributed by atoms with Crippen LogP contribution in [0.5, 0.6) is 0 Å². The number of H-pyrrole nitrogens is 1. The van der Waals surface area contributed by atoms with Crippen molar-refractivity contribution in [3.05, 3.63) is 82.6 Å². The molecular formula is C28H28N6S. The summed E-state index contributed by atoms with van der Waals surface area (Å²) >= 11 is 2.02. The van der Waals surface area contributed by atoms with E-state index in [1.165, 1.54) is 17.1 Å². The molecule has 1 aromatic carbocycles. The SMILES string of the molecule is Cc1ncc(C#N)c(Nc2ccc3[nH]ccc3c2C)c1/C=C/c1ccc(CN2CCSCC2)cn1. The zero-order valence-corrected chi connectivity index (χ0v) is 20.8. The summed E-state index contributed by atoms with van der Waals surface area (Å²) in [6.45, 7) is 7.27. The number of hydrogen-bond acceptors (Lipinski definition) is 6. The van der Waals surface area contributed by atoms with Gasteiger partial charge in [-0.2, -0.15) is 17.0 Å². The summed E-state index contributed by atoms with van der Waals surface area (Å²) in [6, 6.07) is 12.7. The van der Waals surface area contributed by atoms with E-state index in [1.807, 2.05) is 49.3 Å². The number of anilines is 2. The first-order valence-electron chi connectivity index (χ1n) is 11.8. The molecule has 176 valence electrons. The Morgan fingerprint density at radius 3 is 2.71 bits per heavy atom. The highest BCUT2D eigenvalue weighted by molar-refractivity contribution is 7.99. The van der Waals surface area contributed by atoms with Crippen LogP contribution in [0, 0.1) is 25.2 Å². The Kier molecular flexibility index (Phi) is 6.84. The quantitative estimate of drug-likeness (QED) is 0.357. The maximum absolute atomic E-state index is 9.79. The zero-order chi connectivity index (χ0) is 24.2. The molecule has 1 aliphatic rings. The summed E-state index contributed by atoms with van der Waals surface area (Å²) in [5.41, 5.74) is 8.29. The molecule has 3 aromatic heterocycles. The van der Waals surface area contributed by atoms with E-state index < -0.39 is 0 Å². The number of fused-ring (bicyclic) bond motifs is 1. The predicted molar refractivity (Wildman–Crippen MR) is 146 cm³/mol. The van der Waals surface area contributed by atoms with Crippen molar-refractivity contribution in [1.82, 2.24) is 19.9 Å². The van der Waals surface area contributed by atoms with E-state index in [0.717, 1.165) is 64.4 Å². The van der Waals surface area contributed by atoms with Crippen molar-refractivity contribution in [3.8, 4) is 6.07 Å². The molecule has 1 fully saturated rings. The van der Waals surface area contributed by atoms with Gasteiger partial charge in [-0.15, -0.1) is 0 Å². The predicted octanol–water partition coefficient (Wildman–Crippen LogP) is 5.91. The Morgan fingerprint density at radius 2 is 1.94 bits per heavy atom. The molecule has 0 bridgehead atoms. The number of aromatic amines is 1. The van der Waals surface area contributed by atoms with Crippen molar-refractivity contribution in [2.24, 2.45) is 0 Å². The number of hydrogen-bond donors (Lipinski definition) is 2. The number of thioether (sulfide) groups is 1. The van der Waals surface area contributed by atoms with Gasteiger partial charge in [-0.3, -0.25) is 14.9 Å². The summed E-state index contributed by atoms with van der Waals surface area (Å²) in [5.74, 6) is 2.41. The maximum atomic E-state index is 9.79. The van der Waals surface area contributed by atoms with Crippen LogP contribution >= 0.6 is 11.8 Å². The topological polar surface area (TPSA) is 80.6 Å². The van der Waals surface area contributed by atoms with Crippen molar-refractivity contribution < 1.29 is 0 Å². The Bertz CT molecular complexity index is 1410. The molecule has 0 radical (unpaired) electrons. The van der Waals surface area contributed by atoms with Gasteiger partial charge < -0.3 is 10.3 Å². The molecule has 5 rings (SSSR count). The summed E-state index contributed by atoms with van der Waals surface area (Å²) in [4.78, 5) is 14.9. The van der Waals surface area contributed by atoms with Crippen LogP contribution in [-0.2, 0) is 6.54 Å². The third-order valence-electron chi connectivity index (χ3n) is 6.48. The van der Waals surface area contributed by atoms with E-state index >= 15 is 0 Å². The number of aromatic nitrogens is 3. The minimum atomic E-state index is 0.506. The second-order valence-corrected chi connectivity index (χ2v) is 10.00. The molecule has 7 heteroatoms. The highest BCUT2D eigenvalue weighted by Gasteiger charge is 2.14. The van der Waals surface area contributed by atoms with Gasteiger partial charge in [0.2, 0.25) is 0 Å². The molecule has 35 heavy (non-hydrogen) atoms. The minimum absolute atomic E-state index is 0.506. The summed E-state index contributed by atoms with van der Waals surface area (Å²) in [5, 5.41) is 14.5. The van der Waals surface area contributed by atoms with Crippen molar-refractivity contribution in [1.29, 1.82) is 5.26 Å². The van der Waals surface area contributed by atoms with Gasteiger partial charge >= 0.3 is 0 Å². The van der Waals surface area contributed by atoms with E-state index in [9.17, 15) is 5.26 Å². The summed E-state index contributed by atoms with van der Waals surface area (Å²) in [7, 11) is 0. The summed E-state index contributed by atoms with van der Waals surface area (Å²) in [6.07, 6.45) is 9.52. The molecule has 2 N–H and O–H groups in total. The molecule has 0 spiro atoms. The van der Waals surface area contributed by atoms with Crippen molar-refractivity contribution in [2.45, 2.75) is 20.4 Å². The standard InChI is InChI=1S/C28H28N6S/c1-19-24-9-10-30-27(24)8-7-26(19)33-28-22(15-29)17-31-20(2)25(28)6-5-23-4-3-21(16-32-23)18-34-11-13-35-14-12-34/h3-10,16-17,30H,11-14,18H2,1-2H3,(H,31,33)/b6-5+. The van der Waals surface area contributed by atoms with Crippen LogP contribution < -0.4 is 5.32 Å². The molecule has 0 aliphatic carbocycles. The highest BCUT2D eigenvalue weighted by Crippen LogP contribution is 2.32. The first kappa shape index (κ1) is 23.2. The van der Waals surface area contributed by atoms with Gasteiger partial charge in [0.1, 0.15) is 6.07 Å². The molecular weight excluding hydrogens is 452 g/mol. The molecule has 0 unspecified atom stereocenters. The lowest BCUT2D eigenvalue weighted by molar-refractivity contribution is 0.294. The Labute approximate surface area is 210 Å². The second kappa shape index (κ2) is 10.3. The molecule has 1 aliphatic heterocycles. The molecule has 4 aromatic rings. The smallest absolute Gasteiger partial charge is 0.103 e. The van der Waals surface area contributed by atoms with Crippen molar-refractivity contribution in [2.75, 3.05) is 29.9 Å². The van der Waals surface area contributed by atoms with Crippen LogP contribution in [0.15, 0.2) is 48.9 Å². The number of nitriles is 1. The molecule has 0 saturated carbocycles. The number of aryl methyl sites for hydroxylation is 2. The minimum Gasteiger partial charge on any atom is -0.361 e. The highest BCUT2D eigenvalue weighted by atomic mass is 32.2. The molecule has 6 nitrogen and oxygen atoms in total. The van der Waals surface area contributed by atoms with Gasteiger partial charge in [0, 0.05) is 77.6 Å². The monoisotopic (exact) mass is 480 g/mol. The number of pyridine rings is 2. The third-order valence-corrected chi connectivity index (χ3v) is 7.42. The Balaban J connectivity index is 1.41. The lowest BCUT2D eigenvalue weighted by Gasteiger charge is -2.25. The van der Waals surface area contributed by atoms with E-state index in [1.54, 1.807) is 6.20 Å².